The highest BCUT2D eigenvalue weighted by Gasteiger charge is 2.23. The largest absolute Gasteiger partial charge is 0.495 e. The lowest BCUT2D eigenvalue weighted by Crippen LogP contribution is -2.42. The van der Waals surface area contributed by atoms with Gasteiger partial charge in [0.05, 0.1) is 19.3 Å². The van der Waals surface area contributed by atoms with Gasteiger partial charge in [-0.2, -0.15) is 0 Å². The highest BCUT2D eigenvalue weighted by Crippen LogP contribution is 2.31. The van der Waals surface area contributed by atoms with Gasteiger partial charge in [0.2, 0.25) is 5.91 Å². The molecule has 22 heavy (non-hydrogen) atoms. The Bertz CT molecular complexity index is 538. The molecule has 0 radical (unpaired) electrons. The quantitative estimate of drug-likeness (QED) is 0.920. The number of piperidine rings is 1. The first kappa shape index (κ1) is 17.1. The Kier molecular flexibility index (Phi) is 5.70. The minimum Gasteiger partial charge on any atom is -0.495 e. The molecule has 2 atom stereocenters. The van der Waals surface area contributed by atoms with E-state index in [1.165, 1.54) is 6.42 Å². The van der Waals surface area contributed by atoms with Crippen molar-refractivity contribution in [1.82, 2.24) is 4.90 Å². The van der Waals surface area contributed by atoms with Gasteiger partial charge in [0.15, 0.2) is 0 Å². The fourth-order valence-corrected chi connectivity index (χ4v) is 3.40. The minimum absolute atomic E-state index is 0.0127. The predicted molar refractivity (Wildman–Crippen MR) is 90.8 cm³/mol. The average Bonchev–Trinajstić information content (AvgIpc) is 2.41. The molecule has 4 nitrogen and oxygen atoms in total. The van der Waals surface area contributed by atoms with E-state index in [1.54, 1.807) is 13.2 Å². The lowest BCUT2D eigenvalue weighted by Gasteiger charge is -2.34. The number of nitrogens with zero attached hydrogens (tertiary/aromatic N) is 1. The van der Waals surface area contributed by atoms with Crippen molar-refractivity contribution < 1.29 is 9.53 Å². The summed E-state index contributed by atoms with van der Waals surface area (Å²) in [6.07, 6.45) is 1.24. The molecule has 1 aliphatic rings. The second-order valence-corrected chi connectivity index (χ2v) is 6.90. The van der Waals surface area contributed by atoms with Crippen LogP contribution in [0.4, 0.5) is 5.69 Å². The molecule has 2 unspecified atom stereocenters. The highest BCUT2D eigenvalue weighted by atomic mass is 35.5. The number of likely N-dealkylation sites (tertiary alicyclic amines) is 1. The molecule has 5 heteroatoms. The van der Waals surface area contributed by atoms with Crippen LogP contribution in [0.25, 0.3) is 0 Å². The van der Waals surface area contributed by atoms with Gasteiger partial charge >= 0.3 is 0 Å². The number of ether oxygens (including phenoxy) is 1. The molecular formula is C17H25ClN2O2. The molecule has 0 aliphatic carbocycles. The van der Waals surface area contributed by atoms with Gasteiger partial charge < -0.3 is 10.1 Å². The molecule has 1 saturated heterocycles. The third kappa shape index (κ3) is 4.37. The zero-order chi connectivity index (χ0) is 16.3. The molecule has 1 heterocycles. The van der Waals surface area contributed by atoms with E-state index >= 15 is 0 Å². The number of anilines is 1. The molecule has 0 spiro atoms. The SMILES string of the molecule is COc1cc(Cl)c(C)cc1NC(=O)CN1CC(C)CC(C)C1. The maximum atomic E-state index is 12.3. The van der Waals surface area contributed by atoms with Crippen LogP contribution < -0.4 is 10.1 Å². The summed E-state index contributed by atoms with van der Waals surface area (Å²) in [5, 5.41) is 3.58. The molecular weight excluding hydrogens is 300 g/mol. The molecule has 1 aliphatic heterocycles. The number of amides is 1. The standard InChI is InChI=1S/C17H25ClN2O2/c1-11-5-12(2)9-20(8-11)10-17(21)19-15-6-13(3)14(18)7-16(15)22-4/h6-7,11-12H,5,8-10H2,1-4H3,(H,19,21). The van der Waals surface area contributed by atoms with Crippen LogP contribution in [0, 0.1) is 18.8 Å². The lowest BCUT2D eigenvalue weighted by molar-refractivity contribution is -0.117. The number of nitrogens with one attached hydrogen (secondary N) is 1. The van der Waals surface area contributed by atoms with Crippen molar-refractivity contribution in [2.75, 3.05) is 32.1 Å². The van der Waals surface area contributed by atoms with E-state index in [2.05, 4.69) is 24.1 Å². The third-order valence-electron chi connectivity index (χ3n) is 4.07. The molecule has 2 rings (SSSR count). The van der Waals surface area contributed by atoms with E-state index in [0.29, 0.717) is 34.8 Å². The summed E-state index contributed by atoms with van der Waals surface area (Å²) in [7, 11) is 1.57. The van der Waals surface area contributed by atoms with Gasteiger partial charge in [-0.05, 0) is 36.8 Å². The fraction of sp³-hybridized carbons (Fsp3) is 0.588. The number of carbonyl (C=O) groups excluding carboxylic acids is 1. The van der Waals surface area contributed by atoms with Crippen LogP contribution in [0.5, 0.6) is 5.75 Å². The van der Waals surface area contributed by atoms with Crippen molar-refractivity contribution in [2.45, 2.75) is 27.2 Å². The monoisotopic (exact) mass is 324 g/mol. The maximum Gasteiger partial charge on any atom is 0.238 e. The number of methoxy groups -OCH3 is 1. The van der Waals surface area contributed by atoms with Crippen molar-refractivity contribution in [3.63, 3.8) is 0 Å². The van der Waals surface area contributed by atoms with Gasteiger partial charge in [-0.3, -0.25) is 9.69 Å². The van der Waals surface area contributed by atoms with Gasteiger partial charge in [0.25, 0.3) is 0 Å². The first-order valence-corrected chi connectivity index (χ1v) is 8.13. The molecule has 1 fully saturated rings. The van der Waals surface area contributed by atoms with E-state index in [0.717, 1.165) is 18.7 Å². The van der Waals surface area contributed by atoms with Gasteiger partial charge in [-0.1, -0.05) is 25.4 Å². The fourth-order valence-electron chi connectivity index (χ4n) is 3.24. The number of halogens is 1. The number of hydrogen-bond acceptors (Lipinski definition) is 3. The molecule has 1 N–H and O–H groups in total. The number of hydrogen-bond donors (Lipinski definition) is 1. The Morgan fingerprint density at radius 3 is 2.59 bits per heavy atom. The van der Waals surface area contributed by atoms with E-state index < -0.39 is 0 Å². The number of benzene rings is 1. The molecule has 1 aromatic carbocycles. The van der Waals surface area contributed by atoms with E-state index in [4.69, 9.17) is 16.3 Å². The average molecular weight is 325 g/mol. The Hall–Kier alpha value is -1.26. The molecule has 0 bridgehead atoms. The normalized spacial score (nSPS) is 22.4. The summed E-state index contributed by atoms with van der Waals surface area (Å²) in [5.74, 6) is 1.86. The lowest BCUT2D eigenvalue weighted by atomic mass is 9.92. The summed E-state index contributed by atoms with van der Waals surface area (Å²) < 4.78 is 5.29. The maximum absolute atomic E-state index is 12.3. The van der Waals surface area contributed by atoms with Crippen LogP contribution in [-0.4, -0.2) is 37.6 Å². The summed E-state index contributed by atoms with van der Waals surface area (Å²) >= 11 is 6.09. The number of carbonyl (C=O) groups is 1. The van der Waals surface area contributed by atoms with Gasteiger partial charge in [0.1, 0.15) is 5.75 Å². The molecule has 1 aromatic rings. The zero-order valence-corrected chi connectivity index (χ0v) is 14.5. The van der Waals surface area contributed by atoms with Crippen LogP contribution in [0.15, 0.2) is 12.1 Å². The van der Waals surface area contributed by atoms with Gasteiger partial charge in [-0.25, -0.2) is 0 Å². The van der Waals surface area contributed by atoms with Gasteiger partial charge in [0, 0.05) is 24.2 Å². The van der Waals surface area contributed by atoms with Gasteiger partial charge in [-0.15, -0.1) is 0 Å². The Balaban J connectivity index is 2.01. The zero-order valence-electron chi connectivity index (χ0n) is 13.8. The van der Waals surface area contributed by atoms with Crippen LogP contribution in [0.2, 0.25) is 5.02 Å². The van der Waals surface area contributed by atoms with Crippen LogP contribution in [0.3, 0.4) is 0 Å². The molecule has 0 saturated carbocycles. The second kappa shape index (κ2) is 7.34. The minimum atomic E-state index is -0.0127. The van der Waals surface area contributed by atoms with Crippen molar-refractivity contribution in [2.24, 2.45) is 11.8 Å². The summed E-state index contributed by atoms with van der Waals surface area (Å²) in [5.41, 5.74) is 1.59. The smallest absolute Gasteiger partial charge is 0.238 e. The van der Waals surface area contributed by atoms with E-state index in [9.17, 15) is 4.79 Å². The second-order valence-electron chi connectivity index (χ2n) is 6.49. The first-order valence-electron chi connectivity index (χ1n) is 7.75. The topological polar surface area (TPSA) is 41.6 Å². The van der Waals surface area contributed by atoms with E-state index in [1.807, 2.05) is 13.0 Å². The van der Waals surface area contributed by atoms with Crippen molar-refractivity contribution in [1.29, 1.82) is 0 Å². The van der Waals surface area contributed by atoms with Crippen LogP contribution >= 0.6 is 11.6 Å². The Morgan fingerprint density at radius 2 is 2.00 bits per heavy atom. The molecule has 0 aromatic heterocycles. The highest BCUT2D eigenvalue weighted by molar-refractivity contribution is 6.31. The number of rotatable bonds is 4. The Labute approximate surface area is 137 Å². The number of aryl methyl sites for hydroxylation is 1. The van der Waals surface area contributed by atoms with Crippen molar-refractivity contribution in [3.05, 3.63) is 22.7 Å². The summed E-state index contributed by atoms with van der Waals surface area (Å²) in [4.78, 5) is 14.5. The molecule has 1 amide bonds. The Morgan fingerprint density at radius 1 is 1.36 bits per heavy atom. The molecule has 122 valence electrons. The van der Waals surface area contributed by atoms with Crippen molar-refractivity contribution in [3.8, 4) is 5.75 Å². The van der Waals surface area contributed by atoms with Crippen LogP contribution in [0.1, 0.15) is 25.8 Å². The van der Waals surface area contributed by atoms with E-state index in [-0.39, 0.29) is 5.91 Å². The summed E-state index contributed by atoms with van der Waals surface area (Å²) in [6, 6.07) is 3.58. The summed E-state index contributed by atoms with van der Waals surface area (Å²) in [6.45, 7) is 8.77. The van der Waals surface area contributed by atoms with Crippen molar-refractivity contribution >= 4 is 23.2 Å². The van der Waals surface area contributed by atoms with Crippen LogP contribution in [-0.2, 0) is 4.79 Å². The first-order chi connectivity index (χ1) is 10.4. The third-order valence-corrected chi connectivity index (χ3v) is 4.47. The predicted octanol–water partition coefficient (Wildman–Crippen LogP) is 3.57.